The van der Waals surface area contributed by atoms with Gasteiger partial charge in [0.1, 0.15) is 24.0 Å². The maximum atomic E-state index is 14.0. The van der Waals surface area contributed by atoms with Crippen molar-refractivity contribution in [1.82, 2.24) is 19.8 Å². The minimum atomic E-state index is -0.325. The number of halogens is 2. The Morgan fingerprint density at radius 1 is 1.18 bits per heavy atom. The van der Waals surface area contributed by atoms with Gasteiger partial charge in [0.05, 0.1) is 29.9 Å². The van der Waals surface area contributed by atoms with Crippen LogP contribution in [0.25, 0.3) is 16.7 Å². The number of rotatable bonds is 6. The number of piperazine rings is 1. The molecule has 4 rings (SSSR count). The van der Waals surface area contributed by atoms with E-state index >= 15 is 0 Å². The first kappa shape index (κ1) is 19.1. The molecule has 8 heteroatoms. The third kappa shape index (κ3) is 3.98. The molecule has 0 bridgehead atoms. The van der Waals surface area contributed by atoms with Gasteiger partial charge in [-0.1, -0.05) is 11.6 Å². The molecule has 2 heterocycles. The molecule has 2 N–H and O–H groups in total. The molecule has 2 aromatic carbocycles. The second-order valence-electron chi connectivity index (χ2n) is 6.71. The van der Waals surface area contributed by atoms with Gasteiger partial charge in [-0.2, -0.15) is 0 Å². The van der Waals surface area contributed by atoms with Gasteiger partial charge in [-0.3, -0.25) is 9.47 Å². The second-order valence-corrected chi connectivity index (χ2v) is 7.14. The first-order chi connectivity index (χ1) is 13.7. The van der Waals surface area contributed by atoms with Crippen LogP contribution in [0.3, 0.4) is 0 Å². The molecule has 28 heavy (non-hydrogen) atoms. The molecule has 1 aliphatic heterocycles. The van der Waals surface area contributed by atoms with E-state index in [-0.39, 0.29) is 19.0 Å². The normalized spacial score (nSPS) is 15.2. The van der Waals surface area contributed by atoms with Crippen molar-refractivity contribution >= 4 is 22.6 Å². The van der Waals surface area contributed by atoms with Crippen LogP contribution in [-0.4, -0.2) is 59.0 Å². The van der Waals surface area contributed by atoms with Crippen LogP contribution in [0.4, 0.5) is 4.39 Å². The lowest BCUT2D eigenvalue weighted by molar-refractivity contribution is 0.201. The minimum absolute atomic E-state index is 0.112. The van der Waals surface area contributed by atoms with E-state index < -0.39 is 0 Å². The molecule has 1 aliphatic rings. The Balaban J connectivity index is 1.84. The number of aliphatic hydroxyl groups is 1. The third-order valence-corrected chi connectivity index (χ3v) is 5.01. The summed E-state index contributed by atoms with van der Waals surface area (Å²) < 4.78 is 21.7. The molecule has 0 spiro atoms. The lowest BCUT2D eigenvalue weighted by Gasteiger charge is -2.27. The Labute approximate surface area is 167 Å². The summed E-state index contributed by atoms with van der Waals surface area (Å²) >= 11 is 6.15. The van der Waals surface area contributed by atoms with Crippen LogP contribution >= 0.6 is 11.6 Å². The zero-order chi connectivity index (χ0) is 19.5. The van der Waals surface area contributed by atoms with Crippen molar-refractivity contribution in [3.05, 3.63) is 53.1 Å². The summed E-state index contributed by atoms with van der Waals surface area (Å²) in [5, 5.41) is 13.0. The Bertz CT molecular complexity index is 972. The molecule has 1 saturated heterocycles. The van der Waals surface area contributed by atoms with Gasteiger partial charge < -0.3 is 15.2 Å². The molecule has 6 nitrogen and oxygen atoms in total. The van der Waals surface area contributed by atoms with Crippen LogP contribution in [0.15, 0.2) is 36.4 Å². The lowest BCUT2D eigenvalue weighted by Crippen LogP contribution is -2.43. The summed E-state index contributed by atoms with van der Waals surface area (Å²) in [6.45, 7) is 4.37. The van der Waals surface area contributed by atoms with Crippen molar-refractivity contribution in [2.24, 2.45) is 0 Å². The molecule has 1 fully saturated rings. The first-order valence-electron chi connectivity index (χ1n) is 9.29. The van der Waals surface area contributed by atoms with Gasteiger partial charge in [0, 0.05) is 43.3 Å². The number of aromatic nitrogens is 2. The highest BCUT2D eigenvalue weighted by Crippen LogP contribution is 2.32. The number of benzene rings is 2. The van der Waals surface area contributed by atoms with Crippen LogP contribution in [0.5, 0.6) is 5.75 Å². The van der Waals surface area contributed by atoms with E-state index in [0.717, 1.165) is 43.2 Å². The Morgan fingerprint density at radius 3 is 2.79 bits per heavy atom. The van der Waals surface area contributed by atoms with Crippen LogP contribution in [0.1, 0.15) is 5.82 Å². The Morgan fingerprint density at radius 2 is 2.00 bits per heavy atom. The standard InChI is InChI=1S/C20H22ClFN4O2/c21-14-1-4-17(19(11-14)28-10-9-27)26-18-12-15(22)2-3-16(18)24-20(26)13-25-7-5-23-6-8-25/h1-4,11-12,23,27H,5-10,13H2. The van der Waals surface area contributed by atoms with Gasteiger partial charge in [0.25, 0.3) is 0 Å². The molecular formula is C20H22ClFN4O2. The average Bonchev–Trinajstić information content (AvgIpc) is 3.04. The van der Waals surface area contributed by atoms with Crippen LogP contribution in [0, 0.1) is 5.82 Å². The molecule has 0 amide bonds. The molecule has 0 unspecified atom stereocenters. The molecule has 0 radical (unpaired) electrons. The summed E-state index contributed by atoms with van der Waals surface area (Å²) in [5.41, 5.74) is 2.10. The quantitative estimate of drug-likeness (QED) is 0.661. The number of ether oxygens (including phenoxy) is 1. The van der Waals surface area contributed by atoms with Gasteiger partial charge in [0.15, 0.2) is 0 Å². The maximum Gasteiger partial charge on any atom is 0.144 e. The number of hydrogen-bond donors (Lipinski definition) is 2. The zero-order valence-corrected chi connectivity index (χ0v) is 16.1. The number of hydrogen-bond acceptors (Lipinski definition) is 5. The molecule has 148 valence electrons. The van der Waals surface area contributed by atoms with Gasteiger partial charge in [-0.25, -0.2) is 9.37 Å². The van der Waals surface area contributed by atoms with E-state index in [1.165, 1.54) is 12.1 Å². The van der Waals surface area contributed by atoms with Crippen LogP contribution < -0.4 is 10.1 Å². The van der Waals surface area contributed by atoms with Crippen LogP contribution in [-0.2, 0) is 6.54 Å². The van der Waals surface area contributed by atoms with Crippen molar-refractivity contribution in [3.63, 3.8) is 0 Å². The SMILES string of the molecule is OCCOc1cc(Cl)ccc1-n1c(CN2CCNCC2)nc2ccc(F)cc21. The van der Waals surface area contributed by atoms with E-state index in [2.05, 4.69) is 10.2 Å². The third-order valence-electron chi connectivity index (χ3n) is 4.77. The number of nitrogens with one attached hydrogen (secondary N) is 1. The largest absolute Gasteiger partial charge is 0.489 e. The number of aliphatic hydroxyl groups excluding tert-OH is 1. The van der Waals surface area contributed by atoms with E-state index in [0.29, 0.717) is 22.8 Å². The molecule has 0 atom stereocenters. The first-order valence-corrected chi connectivity index (χ1v) is 9.67. The summed E-state index contributed by atoms with van der Waals surface area (Å²) in [4.78, 5) is 7.08. The number of imidazole rings is 1. The van der Waals surface area contributed by atoms with Gasteiger partial charge in [0.2, 0.25) is 0 Å². The predicted octanol–water partition coefficient (Wildman–Crippen LogP) is 2.59. The molecule has 1 aromatic heterocycles. The van der Waals surface area contributed by atoms with E-state index in [9.17, 15) is 4.39 Å². The fourth-order valence-corrected chi connectivity index (χ4v) is 3.65. The van der Waals surface area contributed by atoms with Crippen molar-refractivity contribution in [1.29, 1.82) is 0 Å². The maximum absolute atomic E-state index is 14.0. The highest BCUT2D eigenvalue weighted by Gasteiger charge is 2.20. The Hall–Kier alpha value is -2.19. The smallest absolute Gasteiger partial charge is 0.144 e. The van der Waals surface area contributed by atoms with Gasteiger partial charge in [-0.05, 0) is 24.3 Å². The van der Waals surface area contributed by atoms with E-state index in [1.807, 2.05) is 10.6 Å². The van der Waals surface area contributed by atoms with Crippen molar-refractivity contribution < 1.29 is 14.2 Å². The van der Waals surface area contributed by atoms with Crippen molar-refractivity contribution in [2.75, 3.05) is 39.4 Å². The molecular weight excluding hydrogens is 383 g/mol. The van der Waals surface area contributed by atoms with E-state index in [4.69, 9.17) is 26.4 Å². The molecule has 3 aromatic rings. The minimum Gasteiger partial charge on any atom is -0.489 e. The Kier molecular flexibility index (Phi) is 5.77. The summed E-state index contributed by atoms with van der Waals surface area (Å²) in [6.07, 6.45) is 0. The number of fused-ring (bicyclic) bond motifs is 1. The second kappa shape index (κ2) is 8.45. The van der Waals surface area contributed by atoms with Gasteiger partial charge >= 0.3 is 0 Å². The predicted molar refractivity (Wildman–Crippen MR) is 107 cm³/mol. The molecule has 0 saturated carbocycles. The van der Waals surface area contributed by atoms with Crippen molar-refractivity contribution in [2.45, 2.75) is 6.54 Å². The zero-order valence-electron chi connectivity index (χ0n) is 15.4. The lowest BCUT2D eigenvalue weighted by atomic mass is 10.2. The fourth-order valence-electron chi connectivity index (χ4n) is 3.49. The van der Waals surface area contributed by atoms with Crippen LogP contribution in [0.2, 0.25) is 5.02 Å². The number of nitrogens with zero attached hydrogens (tertiary/aromatic N) is 3. The monoisotopic (exact) mass is 404 g/mol. The fraction of sp³-hybridized carbons (Fsp3) is 0.350. The summed E-state index contributed by atoms with van der Waals surface area (Å²) in [5.74, 6) is 1.000. The van der Waals surface area contributed by atoms with E-state index in [1.54, 1.807) is 18.2 Å². The average molecular weight is 405 g/mol. The highest BCUT2D eigenvalue weighted by atomic mass is 35.5. The van der Waals surface area contributed by atoms with Crippen molar-refractivity contribution in [3.8, 4) is 11.4 Å². The summed E-state index contributed by atoms with van der Waals surface area (Å²) in [7, 11) is 0. The highest BCUT2D eigenvalue weighted by molar-refractivity contribution is 6.30. The molecule has 0 aliphatic carbocycles. The van der Waals surface area contributed by atoms with Gasteiger partial charge in [-0.15, -0.1) is 0 Å². The topological polar surface area (TPSA) is 62.6 Å². The summed E-state index contributed by atoms with van der Waals surface area (Å²) in [6, 6.07) is 9.89.